The Morgan fingerprint density at radius 2 is 1.86 bits per heavy atom. The Hall–Kier alpha value is -2.42. The number of nitrogens with zero attached hydrogens (tertiary/aromatic N) is 1. The maximum absolute atomic E-state index is 12.5. The van der Waals surface area contributed by atoms with Crippen LogP contribution in [0.5, 0.6) is 0 Å². The number of rotatable bonds is 6. The molecule has 1 amide bonds. The Morgan fingerprint density at radius 1 is 1.18 bits per heavy atom. The fourth-order valence-electron chi connectivity index (χ4n) is 2.35. The summed E-state index contributed by atoms with van der Waals surface area (Å²) in [7, 11) is 0. The second-order valence-electron chi connectivity index (χ2n) is 5.54. The van der Waals surface area contributed by atoms with Crippen molar-refractivity contribution in [3.63, 3.8) is 0 Å². The van der Waals surface area contributed by atoms with E-state index in [1.807, 2.05) is 30.3 Å². The van der Waals surface area contributed by atoms with Gasteiger partial charge in [0.2, 0.25) is 5.91 Å². The Labute approximate surface area is 132 Å². The molecule has 1 aromatic heterocycles. The average molecular weight is 294 g/mol. The molecule has 1 N–H and O–H groups in total. The standard InChI is InChI=1S/C19H22N2O/c1-4-12-21-19(22)18(17-7-5-6-13-20-17)16-10-8-15(9-11-16)14(2)3/h4-11,13-14,18H,1,12H2,2-3H3,(H,21,22). The maximum Gasteiger partial charge on any atom is 0.233 e. The minimum atomic E-state index is -0.401. The highest BCUT2D eigenvalue weighted by molar-refractivity contribution is 5.86. The molecule has 0 fully saturated rings. The summed E-state index contributed by atoms with van der Waals surface area (Å²) in [4.78, 5) is 16.9. The van der Waals surface area contributed by atoms with E-state index in [-0.39, 0.29) is 5.91 Å². The molecule has 0 aliphatic heterocycles. The van der Waals surface area contributed by atoms with Gasteiger partial charge in [0.25, 0.3) is 0 Å². The molecule has 2 aromatic rings. The lowest BCUT2D eigenvalue weighted by molar-refractivity contribution is -0.121. The first-order chi connectivity index (χ1) is 10.6. The van der Waals surface area contributed by atoms with E-state index >= 15 is 0 Å². The number of nitrogens with one attached hydrogen (secondary N) is 1. The van der Waals surface area contributed by atoms with Crippen LogP contribution in [-0.2, 0) is 4.79 Å². The smallest absolute Gasteiger partial charge is 0.233 e. The van der Waals surface area contributed by atoms with Crippen LogP contribution in [0.2, 0.25) is 0 Å². The van der Waals surface area contributed by atoms with Crippen molar-refractivity contribution in [2.24, 2.45) is 0 Å². The van der Waals surface area contributed by atoms with Crippen LogP contribution in [0.4, 0.5) is 0 Å². The van der Waals surface area contributed by atoms with Crippen molar-refractivity contribution in [2.75, 3.05) is 6.54 Å². The number of pyridine rings is 1. The molecular formula is C19H22N2O. The largest absolute Gasteiger partial charge is 0.352 e. The second kappa shape index (κ2) is 7.55. The van der Waals surface area contributed by atoms with Crippen molar-refractivity contribution in [3.8, 4) is 0 Å². The summed E-state index contributed by atoms with van der Waals surface area (Å²) in [6.45, 7) is 8.40. The Balaban J connectivity index is 2.35. The topological polar surface area (TPSA) is 42.0 Å². The zero-order valence-electron chi connectivity index (χ0n) is 13.1. The van der Waals surface area contributed by atoms with Crippen molar-refractivity contribution in [3.05, 3.63) is 78.1 Å². The predicted molar refractivity (Wildman–Crippen MR) is 89.8 cm³/mol. The molecule has 0 radical (unpaired) electrons. The van der Waals surface area contributed by atoms with Crippen molar-refractivity contribution in [1.29, 1.82) is 0 Å². The highest BCUT2D eigenvalue weighted by Crippen LogP contribution is 2.25. The molecule has 0 saturated heterocycles. The fraction of sp³-hybridized carbons (Fsp3) is 0.263. The summed E-state index contributed by atoms with van der Waals surface area (Å²) in [5.74, 6) is 0.00945. The number of carbonyl (C=O) groups is 1. The van der Waals surface area contributed by atoms with Crippen molar-refractivity contribution >= 4 is 5.91 Å². The zero-order valence-corrected chi connectivity index (χ0v) is 13.1. The first-order valence-electron chi connectivity index (χ1n) is 7.53. The van der Waals surface area contributed by atoms with Gasteiger partial charge in [-0.05, 0) is 29.2 Å². The lowest BCUT2D eigenvalue weighted by atomic mass is 9.92. The van der Waals surface area contributed by atoms with Crippen LogP contribution in [0, 0.1) is 0 Å². The van der Waals surface area contributed by atoms with Gasteiger partial charge in [-0.2, -0.15) is 0 Å². The first kappa shape index (κ1) is 16.0. The molecule has 1 heterocycles. The molecule has 0 aliphatic rings. The van der Waals surface area contributed by atoms with Gasteiger partial charge in [-0.1, -0.05) is 50.3 Å². The normalized spacial score (nSPS) is 12.0. The van der Waals surface area contributed by atoms with E-state index in [9.17, 15) is 4.79 Å². The number of carbonyl (C=O) groups excluding carboxylic acids is 1. The number of aromatic nitrogens is 1. The van der Waals surface area contributed by atoms with Gasteiger partial charge < -0.3 is 5.32 Å². The molecule has 0 saturated carbocycles. The summed E-state index contributed by atoms with van der Waals surface area (Å²) in [5.41, 5.74) is 2.96. The van der Waals surface area contributed by atoms with Crippen LogP contribution in [0.1, 0.15) is 42.5 Å². The van der Waals surface area contributed by atoms with E-state index < -0.39 is 5.92 Å². The first-order valence-corrected chi connectivity index (χ1v) is 7.53. The molecule has 2 rings (SSSR count). The summed E-state index contributed by atoms with van der Waals surface area (Å²) in [5, 5.41) is 2.87. The van der Waals surface area contributed by atoms with Crippen molar-refractivity contribution < 1.29 is 4.79 Å². The third kappa shape index (κ3) is 3.82. The Bertz CT molecular complexity index is 618. The van der Waals surface area contributed by atoms with E-state index in [1.54, 1.807) is 12.3 Å². The van der Waals surface area contributed by atoms with E-state index in [1.165, 1.54) is 5.56 Å². The molecule has 1 atom stereocenters. The van der Waals surface area contributed by atoms with Crippen LogP contribution in [0.3, 0.4) is 0 Å². The third-order valence-electron chi connectivity index (χ3n) is 3.60. The molecule has 1 unspecified atom stereocenters. The lowest BCUT2D eigenvalue weighted by Gasteiger charge is -2.17. The molecule has 1 aromatic carbocycles. The molecular weight excluding hydrogens is 272 g/mol. The van der Waals surface area contributed by atoms with Crippen LogP contribution >= 0.6 is 0 Å². The van der Waals surface area contributed by atoms with E-state index in [0.717, 1.165) is 11.3 Å². The Kier molecular flexibility index (Phi) is 5.48. The minimum absolute atomic E-state index is 0.0594. The van der Waals surface area contributed by atoms with Crippen molar-refractivity contribution in [2.45, 2.75) is 25.7 Å². The van der Waals surface area contributed by atoms with Crippen molar-refractivity contribution in [1.82, 2.24) is 10.3 Å². The third-order valence-corrected chi connectivity index (χ3v) is 3.60. The maximum atomic E-state index is 12.5. The van der Waals surface area contributed by atoms with Gasteiger partial charge in [0.1, 0.15) is 5.92 Å². The quantitative estimate of drug-likeness (QED) is 0.826. The van der Waals surface area contributed by atoms with Gasteiger partial charge in [-0.3, -0.25) is 9.78 Å². The fourth-order valence-corrected chi connectivity index (χ4v) is 2.35. The molecule has 3 nitrogen and oxygen atoms in total. The molecule has 0 spiro atoms. The summed E-state index contributed by atoms with van der Waals surface area (Å²) in [6, 6.07) is 13.8. The minimum Gasteiger partial charge on any atom is -0.352 e. The van der Waals surface area contributed by atoms with E-state index in [2.05, 4.69) is 42.9 Å². The van der Waals surface area contributed by atoms with Crippen LogP contribution in [-0.4, -0.2) is 17.4 Å². The van der Waals surface area contributed by atoms with Gasteiger partial charge in [-0.25, -0.2) is 0 Å². The highest BCUT2D eigenvalue weighted by atomic mass is 16.1. The number of hydrogen-bond acceptors (Lipinski definition) is 2. The molecule has 22 heavy (non-hydrogen) atoms. The molecule has 3 heteroatoms. The molecule has 0 aliphatic carbocycles. The van der Waals surface area contributed by atoms with Crippen LogP contribution < -0.4 is 5.32 Å². The summed E-state index contributed by atoms with van der Waals surface area (Å²) < 4.78 is 0. The van der Waals surface area contributed by atoms with Crippen LogP contribution in [0.25, 0.3) is 0 Å². The van der Waals surface area contributed by atoms with E-state index in [4.69, 9.17) is 0 Å². The number of benzene rings is 1. The number of amides is 1. The Morgan fingerprint density at radius 3 is 2.41 bits per heavy atom. The van der Waals surface area contributed by atoms with E-state index in [0.29, 0.717) is 12.5 Å². The lowest BCUT2D eigenvalue weighted by Crippen LogP contribution is -2.30. The molecule has 0 bridgehead atoms. The zero-order chi connectivity index (χ0) is 15.9. The van der Waals surface area contributed by atoms with Crippen LogP contribution in [0.15, 0.2) is 61.3 Å². The second-order valence-corrected chi connectivity index (χ2v) is 5.54. The SMILES string of the molecule is C=CCNC(=O)C(c1ccc(C(C)C)cc1)c1ccccn1. The number of hydrogen-bond donors (Lipinski definition) is 1. The van der Waals surface area contributed by atoms with Gasteiger partial charge >= 0.3 is 0 Å². The monoisotopic (exact) mass is 294 g/mol. The summed E-state index contributed by atoms with van der Waals surface area (Å²) in [6.07, 6.45) is 3.39. The molecule has 114 valence electrons. The highest BCUT2D eigenvalue weighted by Gasteiger charge is 2.23. The predicted octanol–water partition coefficient (Wildman–Crippen LogP) is 3.64. The summed E-state index contributed by atoms with van der Waals surface area (Å²) >= 11 is 0. The van der Waals surface area contributed by atoms with Gasteiger partial charge in [0, 0.05) is 12.7 Å². The average Bonchev–Trinajstić information content (AvgIpc) is 2.54. The van der Waals surface area contributed by atoms with Gasteiger partial charge in [0.15, 0.2) is 0 Å². The van der Waals surface area contributed by atoms with Gasteiger partial charge in [-0.15, -0.1) is 6.58 Å². The van der Waals surface area contributed by atoms with Gasteiger partial charge in [0.05, 0.1) is 5.69 Å².